The minimum absolute atomic E-state index is 0.734. The minimum atomic E-state index is -0.860. The molecule has 0 radical (unpaired) electrons. The van der Waals surface area contributed by atoms with Gasteiger partial charge in [0.25, 0.3) is 0 Å². The molecule has 0 aliphatic heterocycles. The first kappa shape index (κ1) is 18.4. The highest BCUT2D eigenvalue weighted by Gasteiger charge is 2.24. The van der Waals surface area contributed by atoms with Crippen molar-refractivity contribution in [3.05, 3.63) is 108 Å². The number of rotatable bonds is 7. The maximum Gasteiger partial charge on any atom is 0.188 e. The van der Waals surface area contributed by atoms with Crippen molar-refractivity contribution in [3.63, 3.8) is 0 Å². The fourth-order valence-corrected chi connectivity index (χ4v) is 2.67. The molecule has 4 nitrogen and oxygen atoms in total. The van der Waals surface area contributed by atoms with Crippen LogP contribution in [0.2, 0.25) is 0 Å². The van der Waals surface area contributed by atoms with Gasteiger partial charge in [0.1, 0.15) is 0 Å². The van der Waals surface area contributed by atoms with Crippen molar-refractivity contribution in [2.24, 2.45) is 0 Å². The molecule has 0 amide bonds. The Morgan fingerprint density at radius 3 is 1.19 bits per heavy atom. The van der Waals surface area contributed by atoms with E-state index in [-0.39, 0.29) is 0 Å². The SMILES string of the molecule is N#CC(OC(OC(C#N)c1ccccc1)c1ccccc1)c1ccccc1. The monoisotopic (exact) mass is 354 g/mol. The number of hydrogen-bond donors (Lipinski definition) is 0. The van der Waals surface area contributed by atoms with Crippen molar-refractivity contribution >= 4 is 0 Å². The number of benzene rings is 3. The predicted octanol–water partition coefficient (Wildman–Crippen LogP) is 5.25. The zero-order valence-corrected chi connectivity index (χ0v) is 14.6. The summed E-state index contributed by atoms with van der Waals surface area (Å²) in [5, 5.41) is 19.2. The second-order valence-corrected chi connectivity index (χ2v) is 5.85. The van der Waals surface area contributed by atoms with Crippen LogP contribution < -0.4 is 0 Å². The molecule has 0 saturated heterocycles. The Morgan fingerprint density at radius 1 is 0.519 bits per heavy atom. The van der Waals surface area contributed by atoms with Crippen molar-refractivity contribution in [2.75, 3.05) is 0 Å². The summed E-state index contributed by atoms with van der Waals surface area (Å²) in [6.45, 7) is 0. The van der Waals surface area contributed by atoms with E-state index in [1.54, 1.807) is 0 Å². The van der Waals surface area contributed by atoms with E-state index in [4.69, 9.17) is 9.47 Å². The van der Waals surface area contributed by atoms with Gasteiger partial charge in [0.2, 0.25) is 0 Å². The quantitative estimate of drug-likeness (QED) is 0.544. The molecule has 0 aromatic heterocycles. The largest absolute Gasteiger partial charge is 0.325 e. The summed E-state index contributed by atoms with van der Waals surface area (Å²) in [5.74, 6) is 0. The Labute approximate surface area is 158 Å². The number of ether oxygens (including phenoxy) is 2. The fraction of sp³-hybridized carbons (Fsp3) is 0.130. The lowest BCUT2D eigenvalue weighted by molar-refractivity contribution is -0.181. The van der Waals surface area contributed by atoms with Crippen LogP contribution in [0.1, 0.15) is 35.2 Å². The first-order valence-electron chi connectivity index (χ1n) is 8.57. The van der Waals surface area contributed by atoms with E-state index in [0.29, 0.717) is 0 Å². The molecule has 2 unspecified atom stereocenters. The number of nitrogens with zero attached hydrogens (tertiary/aromatic N) is 2. The van der Waals surface area contributed by atoms with E-state index in [9.17, 15) is 10.5 Å². The Bertz CT molecular complexity index is 856. The lowest BCUT2D eigenvalue weighted by atomic mass is 10.1. The molecular formula is C23H18N2O2. The van der Waals surface area contributed by atoms with Gasteiger partial charge >= 0.3 is 0 Å². The van der Waals surface area contributed by atoms with Crippen LogP contribution in [0.3, 0.4) is 0 Å². The molecule has 4 heteroatoms. The number of hydrogen-bond acceptors (Lipinski definition) is 4. The summed E-state index contributed by atoms with van der Waals surface area (Å²) in [7, 11) is 0. The molecular weight excluding hydrogens is 336 g/mol. The van der Waals surface area contributed by atoms with Crippen molar-refractivity contribution in [1.29, 1.82) is 10.5 Å². The third kappa shape index (κ3) is 4.80. The third-order valence-electron chi connectivity index (χ3n) is 4.03. The van der Waals surface area contributed by atoms with Crippen LogP contribution in [0.5, 0.6) is 0 Å². The molecule has 132 valence electrons. The topological polar surface area (TPSA) is 66.0 Å². The molecule has 3 rings (SSSR count). The third-order valence-corrected chi connectivity index (χ3v) is 4.03. The molecule has 0 fully saturated rings. The average molecular weight is 354 g/mol. The lowest BCUT2D eigenvalue weighted by Gasteiger charge is -2.24. The molecule has 0 aliphatic rings. The Kier molecular flexibility index (Phi) is 6.33. The standard InChI is InChI=1S/C23H18N2O2/c24-16-21(18-10-4-1-5-11-18)26-23(20-14-8-3-9-15-20)27-22(17-25)19-12-6-2-7-13-19/h1-15,21-23H. The van der Waals surface area contributed by atoms with Gasteiger partial charge in [0.05, 0.1) is 12.1 Å². The van der Waals surface area contributed by atoms with Gasteiger partial charge in [-0.05, 0) is 11.1 Å². The maximum atomic E-state index is 9.59. The van der Waals surface area contributed by atoms with Crippen LogP contribution in [0.15, 0.2) is 91.0 Å². The Hall–Kier alpha value is -3.44. The average Bonchev–Trinajstić information content (AvgIpc) is 2.76. The minimum Gasteiger partial charge on any atom is -0.325 e. The summed E-state index contributed by atoms with van der Waals surface area (Å²) in [6.07, 6.45) is -2.49. The zero-order chi connectivity index (χ0) is 18.9. The van der Waals surface area contributed by atoms with E-state index in [0.717, 1.165) is 16.7 Å². The van der Waals surface area contributed by atoms with Crippen LogP contribution in [0.25, 0.3) is 0 Å². The molecule has 0 N–H and O–H groups in total. The molecule has 0 heterocycles. The van der Waals surface area contributed by atoms with Crippen molar-refractivity contribution in [2.45, 2.75) is 18.5 Å². The first-order valence-corrected chi connectivity index (χ1v) is 8.57. The summed E-state index contributed by atoms with van der Waals surface area (Å²) in [5.41, 5.74) is 2.21. The smallest absolute Gasteiger partial charge is 0.188 e. The highest BCUT2D eigenvalue weighted by Crippen LogP contribution is 2.32. The van der Waals surface area contributed by atoms with Gasteiger partial charge in [-0.1, -0.05) is 91.0 Å². The van der Waals surface area contributed by atoms with Crippen LogP contribution in [0, 0.1) is 22.7 Å². The zero-order valence-electron chi connectivity index (χ0n) is 14.6. The molecule has 27 heavy (non-hydrogen) atoms. The first-order chi connectivity index (χ1) is 13.3. The lowest BCUT2D eigenvalue weighted by Crippen LogP contribution is -2.15. The summed E-state index contributed by atoms with van der Waals surface area (Å²) >= 11 is 0. The van der Waals surface area contributed by atoms with Crippen LogP contribution in [-0.2, 0) is 9.47 Å². The normalized spacial score (nSPS) is 13.7. The number of nitriles is 2. The summed E-state index contributed by atoms with van der Waals surface area (Å²) < 4.78 is 12.0. The van der Waals surface area contributed by atoms with Gasteiger partial charge in [0.15, 0.2) is 18.5 Å². The highest BCUT2D eigenvalue weighted by molar-refractivity contribution is 5.25. The summed E-state index contributed by atoms with van der Waals surface area (Å²) in [4.78, 5) is 0. The van der Waals surface area contributed by atoms with Gasteiger partial charge < -0.3 is 9.47 Å². The van der Waals surface area contributed by atoms with Crippen LogP contribution in [0.4, 0.5) is 0 Å². The second-order valence-electron chi connectivity index (χ2n) is 5.85. The van der Waals surface area contributed by atoms with E-state index < -0.39 is 18.5 Å². The van der Waals surface area contributed by atoms with Gasteiger partial charge in [-0.15, -0.1) is 0 Å². The molecule has 2 atom stereocenters. The Morgan fingerprint density at radius 2 is 0.852 bits per heavy atom. The molecule has 3 aromatic carbocycles. The maximum absolute atomic E-state index is 9.59. The van der Waals surface area contributed by atoms with E-state index >= 15 is 0 Å². The van der Waals surface area contributed by atoms with Gasteiger partial charge in [-0.3, -0.25) is 0 Å². The van der Waals surface area contributed by atoms with Crippen LogP contribution >= 0.6 is 0 Å². The van der Waals surface area contributed by atoms with E-state index in [2.05, 4.69) is 12.1 Å². The van der Waals surface area contributed by atoms with Crippen LogP contribution in [-0.4, -0.2) is 0 Å². The van der Waals surface area contributed by atoms with Gasteiger partial charge in [-0.25, -0.2) is 0 Å². The highest BCUT2D eigenvalue weighted by atomic mass is 16.7. The summed E-state index contributed by atoms with van der Waals surface area (Å²) in [6, 6.07) is 32.1. The second kappa shape index (κ2) is 9.31. The molecule has 0 bridgehead atoms. The van der Waals surface area contributed by atoms with Crippen molar-refractivity contribution < 1.29 is 9.47 Å². The van der Waals surface area contributed by atoms with Crippen molar-refractivity contribution in [3.8, 4) is 12.1 Å². The van der Waals surface area contributed by atoms with Gasteiger partial charge in [-0.2, -0.15) is 10.5 Å². The van der Waals surface area contributed by atoms with Gasteiger partial charge in [0, 0.05) is 5.56 Å². The molecule has 0 aliphatic carbocycles. The molecule has 3 aromatic rings. The van der Waals surface area contributed by atoms with Crippen molar-refractivity contribution in [1.82, 2.24) is 0 Å². The van der Waals surface area contributed by atoms with E-state index in [1.807, 2.05) is 91.0 Å². The Balaban J connectivity index is 1.88. The predicted molar refractivity (Wildman–Crippen MR) is 101 cm³/mol. The molecule has 0 saturated carbocycles. The fourth-order valence-electron chi connectivity index (χ4n) is 2.67. The molecule has 0 spiro atoms. The van der Waals surface area contributed by atoms with E-state index in [1.165, 1.54) is 0 Å².